The minimum atomic E-state index is -0.726. The van der Waals surface area contributed by atoms with Crippen LogP contribution < -0.4 is 15.4 Å². The zero-order chi connectivity index (χ0) is 19.8. The summed E-state index contributed by atoms with van der Waals surface area (Å²) in [6.45, 7) is 2.30. The van der Waals surface area contributed by atoms with E-state index < -0.39 is 10.8 Å². The van der Waals surface area contributed by atoms with E-state index in [1.165, 1.54) is 18.3 Å². The summed E-state index contributed by atoms with van der Waals surface area (Å²) in [6, 6.07) is 12.6. The third kappa shape index (κ3) is 5.20. The number of nitrogens with zero attached hydrogens (tertiary/aromatic N) is 2. The van der Waals surface area contributed by atoms with Gasteiger partial charge in [0.05, 0.1) is 17.2 Å². The molecule has 2 aromatic rings. The molecule has 0 fully saturated rings. The van der Waals surface area contributed by atoms with Gasteiger partial charge in [-0.2, -0.15) is 5.26 Å². The molecule has 9 heteroatoms. The minimum Gasteiger partial charge on any atom is -0.492 e. The number of carbonyl (C=O) groups is 1. The lowest BCUT2D eigenvalue weighted by molar-refractivity contribution is -0.384. The molecule has 0 aromatic heterocycles. The highest BCUT2D eigenvalue weighted by Crippen LogP contribution is 2.27. The van der Waals surface area contributed by atoms with E-state index in [1.54, 1.807) is 30.3 Å². The summed E-state index contributed by atoms with van der Waals surface area (Å²) in [5.74, 6) is -0.155. The lowest BCUT2D eigenvalue weighted by atomic mass is 10.2. The number of nitriles is 1. The molecule has 0 saturated carbocycles. The third-order valence-corrected chi connectivity index (χ3v) is 3.64. The molecule has 138 valence electrons. The van der Waals surface area contributed by atoms with Crippen LogP contribution in [0.1, 0.15) is 6.92 Å². The predicted octanol–water partition coefficient (Wildman–Crippen LogP) is 4.10. The number of nitro groups is 1. The van der Waals surface area contributed by atoms with Crippen LogP contribution in [0.4, 0.5) is 17.1 Å². The van der Waals surface area contributed by atoms with Crippen molar-refractivity contribution in [2.45, 2.75) is 6.92 Å². The Balaban J connectivity index is 2.17. The SMILES string of the molecule is CCOc1ccccc1N/C=C(/C#N)C(=O)Nc1ccc(Cl)c([N+](=O)[O-])c1. The van der Waals surface area contributed by atoms with Gasteiger partial charge in [0, 0.05) is 18.0 Å². The molecule has 0 aliphatic heterocycles. The summed E-state index contributed by atoms with van der Waals surface area (Å²) in [7, 11) is 0. The Kier molecular flexibility index (Phi) is 6.74. The van der Waals surface area contributed by atoms with Gasteiger partial charge < -0.3 is 15.4 Å². The van der Waals surface area contributed by atoms with Gasteiger partial charge in [0.15, 0.2) is 0 Å². The van der Waals surface area contributed by atoms with Crippen molar-refractivity contribution in [3.8, 4) is 11.8 Å². The summed E-state index contributed by atoms with van der Waals surface area (Å²) in [6.07, 6.45) is 1.23. The van der Waals surface area contributed by atoms with Gasteiger partial charge in [-0.15, -0.1) is 0 Å². The maximum atomic E-state index is 12.3. The average Bonchev–Trinajstić information content (AvgIpc) is 2.65. The summed E-state index contributed by atoms with van der Waals surface area (Å²) in [5.41, 5.74) is 0.161. The van der Waals surface area contributed by atoms with E-state index in [0.29, 0.717) is 18.0 Å². The number of nitro benzene ring substituents is 1. The maximum Gasteiger partial charge on any atom is 0.289 e. The molecule has 27 heavy (non-hydrogen) atoms. The van der Waals surface area contributed by atoms with Crippen molar-refractivity contribution in [2.24, 2.45) is 0 Å². The van der Waals surface area contributed by atoms with E-state index in [1.807, 2.05) is 6.92 Å². The Bertz CT molecular complexity index is 937. The minimum absolute atomic E-state index is 0.0526. The van der Waals surface area contributed by atoms with Gasteiger partial charge >= 0.3 is 0 Å². The molecule has 0 atom stereocenters. The van der Waals surface area contributed by atoms with Crippen LogP contribution in [0.15, 0.2) is 54.2 Å². The number of carbonyl (C=O) groups excluding carboxylic acids is 1. The molecule has 0 aliphatic carbocycles. The van der Waals surface area contributed by atoms with Crippen LogP contribution in [-0.4, -0.2) is 17.4 Å². The van der Waals surface area contributed by atoms with Crippen LogP contribution in [0.5, 0.6) is 5.75 Å². The number of ether oxygens (including phenoxy) is 1. The number of halogens is 1. The van der Waals surface area contributed by atoms with E-state index in [9.17, 15) is 20.2 Å². The number of hydrogen-bond donors (Lipinski definition) is 2. The number of rotatable bonds is 7. The van der Waals surface area contributed by atoms with Crippen LogP contribution in [0.3, 0.4) is 0 Å². The molecule has 0 radical (unpaired) electrons. The molecule has 2 rings (SSSR count). The third-order valence-electron chi connectivity index (χ3n) is 3.32. The lowest BCUT2D eigenvalue weighted by Crippen LogP contribution is -2.14. The van der Waals surface area contributed by atoms with Crippen LogP contribution in [0.2, 0.25) is 5.02 Å². The molecular weight excluding hydrogens is 372 g/mol. The molecule has 8 nitrogen and oxygen atoms in total. The average molecular weight is 387 g/mol. The monoisotopic (exact) mass is 386 g/mol. The molecule has 0 aliphatic rings. The first kappa shape index (κ1) is 19.8. The maximum absolute atomic E-state index is 12.3. The van der Waals surface area contributed by atoms with Gasteiger partial charge in [-0.1, -0.05) is 23.7 Å². The van der Waals surface area contributed by atoms with Crippen LogP contribution in [0.25, 0.3) is 0 Å². The number of amides is 1. The Hall–Kier alpha value is -3.57. The quantitative estimate of drug-likeness (QED) is 0.320. The van der Waals surface area contributed by atoms with Crippen molar-refractivity contribution >= 4 is 34.6 Å². The van der Waals surface area contributed by atoms with Crippen LogP contribution >= 0.6 is 11.6 Å². The van der Waals surface area contributed by atoms with Gasteiger partial charge in [-0.3, -0.25) is 14.9 Å². The topological polar surface area (TPSA) is 117 Å². The molecular formula is C18H15ClN4O4. The summed E-state index contributed by atoms with van der Waals surface area (Å²) < 4.78 is 5.45. The first-order valence-electron chi connectivity index (χ1n) is 7.80. The van der Waals surface area contributed by atoms with Gasteiger partial charge in [0.2, 0.25) is 0 Å². The second-order valence-corrected chi connectivity index (χ2v) is 5.53. The highest BCUT2D eigenvalue weighted by molar-refractivity contribution is 6.32. The highest BCUT2D eigenvalue weighted by atomic mass is 35.5. The molecule has 2 N–H and O–H groups in total. The van der Waals surface area contributed by atoms with Crippen LogP contribution in [0, 0.1) is 21.4 Å². The highest BCUT2D eigenvalue weighted by Gasteiger charge is 2.15. The molecule has 0 saturated heterocycles. The second-order valence-electron chi connectivity index (χ2n) is 5.12. The molecule has 0 spiro atoms. The standard InChI is InChI=1S/C18H15ClN4O4/c1-2-27-17-6-4-3-5-15(17)21-11-12(10-20)18(24)22-13-7-8-14(19)16(9-13)23(25)26/h3-9,11,21H,2H2,1H3,(H,22,24)/b12-11-. The predicted molar refractivity (Wildman–Crippen MR) is 102 cm³/mol. The molecule has 0 bridgehead atoms. The van der Waals surface area contributed by atoms with Gasteiger partial charge in [0.1, 0.15) is 22.4 Å². The fourth-order valence-electron chi connectivity index (χ4n) is 2.09. The lowest BCUT2D eigenvalue weighted by Gasteiger charge is -2.10. The van der Waals surface area contributed by atoms with Crippen molar-refractivity contribution < 1.29 is 14.5 Å². The van der Waals surface area contributed by atoms with Crippen LogP contribution in [-0.2, 0) is 4.79 Å². The second kappa shape index (κ2) is 9.22. The van der Waals surface area contributed by atoms with Crippen molar-refractivity contribution in [1.29, 1.82) is 5.26 Å². The molecule has 1 amide bonds. The van der Waals surface area contributed by atoms with E-state index in [2.05, 4.69) is 10.6 Å². The fraction of sp³-hybridized carbons (Fsp3) is 0.111. The first-order valence-corrected chi connectivity index (χ1v) is 8.18. The number of nitrogens with one attached hydrogen (secondary N) is 2. The summed E-state index contributed by atoms with van der Waals surface area (Å²) in [4.78, 5) is 22.5. The molecule has 0 heterocycles. The van der Waals surface area contributed by atoms with Crippen molar-refractivity contribution in [2.75, 3.05) is 17.2 Å². The Labute approximate surface area is 160 Å². The number of para-hydroxylation sites is 2. The van der Waals surface area contributed by atoms with Crippen molar-refractivity contribution in [3.63, 3.8) is 0 Å². The molecule has 2 aromatic carbocycles. The Morgan fingerprint density at radius 2 is 2.11 bits per heavy atom. The van der Waals surface area contributed by atoms with Gasteiger partial charge in [0.25, 0.3) is 11.6 Å². The summed E-state index contributed by atoms with van der Waals surface area (Å²) in [5, 5.41) is 25.4. The number of hydrogen-bond acceptors (Lipinski definition) is 6. The Morgan fingerprint density at radius 1 is 1.37 bits per heavy atom. The van der Waals surface area contributed by atoms with E-state index >= 15 is 0 Å². The Morgan fingerprint density at radius 3 is 2.78 bits per heavy atom. The number of benzene rings is 2. The summed E-state index contributed by atoms with van der Waals surface area (Å²) >= 11 is 5.74. The number of anilines is 2. The van der Waals surface area contributed by atoms with E-state index in [-0.39, 0.29) is 22.0 Å². The van der Waals surface area contributed by atoms with Crippen molar-refractivity contribution in [1.82, 2.24) is 0 Å². The largest absolute Gasteiger partial charge is 0.492 e. The van der Waals surface area contributed by atoms with E-state index in [4.69, 9.17) is 16.3 Å². The smallest absolute Gasteiger partial charge is 0.289 e. The zero-order valence-electron chi connectivity index (χ0n) is 14.2. The zero-order valence-corrected chi connectivity index (χ0v) is 15.0. The normalized spacial score (nSPS) is 10.6. The van der Waals surface area contributed by atoms with Crippen molar-refractivity contribution in [3.05, 3.63) is 69.4 Å². The van der Waals surface area contributed by atoms with E-state index in [0.717, 1.165) is 6.07 Å². The van der Waals surface area contributed by atoms with Gasteiger partial charge in [-0.25, -0.2) is 0 Å². The molecule has 0 unspecified atom stereocenters. The van der Waals surface area contributed by atoms with Gasteiger partial charge in [-0.05, 0) is 31.2 Å². The fourth-order valence-corrected chi connectivity index (χ4v) is 2.28. The first-order chi connectivity index (χ1) is 13.0.